The summed E-state index contributed by atoms with van der Waals surface area (Å²) in [5.41, 5.74) is 15.6. The zero-order valence-electron chi connectivity index (χ0n) is 13.7. The summed E-state index contributed by atoms with van der Waals surface area (Å²) >= 11 is 3.26. The molecule has 0 bridgehead atoms. The first-order valence-electron chi connectivity index (χ1n) is 8.35. The third kappa shape index (κ3) is 2.57. The van der Waals surface area contributed by atoms with Crippen molar-refractivity contribution >= 4 is 27.7 Å². The van der Waals surface area contributed by atoms with Gasteiger partial charge in [-0.3, -0.25) is 0 Å². The Morgan fingerprint density at radius 3 is 2.64 bits per heavy atom. The van der Waals surface area contributed by atoms with Crippen molar-refractivity contribution in [2.75, 3.05) is 23.7 Å². The molecule has 0 saturated carbocycles. The Bertz CT molecular complexity index is 866. The molecular formula is C18H19BrN6. The molecule has 1 aliphatic heterocycles. The van der Waals surface area contributed by atoms with E-state index in [1.54, 1.807) is 0 Å². The van der Waals surface area contributed by atoms with Crippen LogP contribution in [-0.4, -0.2) is 23.1 Å². The van der Waals surface area contributed by atoms with Crippen LogP contribution in [0.2, 0.25) is 0 Å². The van der Waals surface area contributed by atoms with Crippen molar-refractivity contribution in [2.45, 2.75) is 25.3 Å². The van der Waals surface area contributed by atoms with Crippen molar-refractivity contribution < 1.29 is 0 Å². The predicted octanol–water partition coefficient (Wildman–Crippen LogP) is 2.54. The lowest BCUT2D eigenvalue weighted by Crippen LogP contribution is -2.45. The van der Waals surface area contributed by atoms with E-state index in [0.29, 0.717) is 16.2 Å². The van der Waals surface area contributed by atoms with Gasteiger partial charge in [0.2, 0.25) is 5.95 Å². The summed E-state index contributed by atoms with van der Waals surface area (Å²) in [6.07, 6.45) is 2.99. The lowest BCUT2D eigenvalue weighted by atomic mass is 9.73. The van der Waals surface area contributed by atoms with Gasteiger partial charge in [-0.05, 0) is 51.7 Å². The number of rotatable bonds is 1. The number of piperidine rings is 1. The number of aromatic nitrogens is 2. The highest BCUT2D eigenvalue weighted by atomic mass is 79.9. The van der Waals surface area contributed by atoms with Gasteiger partial charge in [0, 0.05) is 19.1 Å². The summed E-state index contributed by atoms with van der Waals surface area (Å²) in [5.74, 6) is 0.822. The van der Waals surface area contributed by atoms with Crippen molar-refractivity contribution in [3.05, 3.63) is 45.6 Å². The molecule has 1 fully saturated rings. The quantitative estimate of drug-likeness (QED) is 0.764. The van der Waals surface area contributed by atoms with Gasteiger partial charge in [0.05, 0.1) is 4.47 Å². The zero-order chi connectivity index (χ0) is 17.6. The SMILES string of the molecule is N#Cc1nc(N2CCC3(CC2)Cc2ccccc2[C@H]3N)nc(N)c1Br. The van der Waals surface area contributed by atoms with E-state index >= 15 is 0 Å². The van der Waals surface area contributed by atoms with Crippen molar-refractivity contribution in [1.82, 2.24) is 9.97 Å². The molecule has 1 spiro atoms. The molecule has 1 saturated heterocycles. The van der Waals surface area contributed by atoms with Crippen LogP contribution in [0, 0.1) is 16.7 Å². The lowest BCUT2D eigenvalue weighted by Gasteiger charge is -2.42. The lowest BCUT2D eigenvalue weighted by molar-refractivity contribution is 0.187. The summed E-state index contributed by atoms with van der Waals surface area (Å²) in [6, 6.07) is 10.6. The maximum Gasteiger partial charge on any atom is 0.228 e. The monoisotopic (exact) mass is 398 g/mol. The topological polar surface area (TPSA) is 105 Å². The van der Waals surface area contributed by atoms with E-state index in [-0.39, 0.29) is 17.2 Å². The molecule has 1 aromatic heterocycles. The fraction of sp³-hybridized carbons (Fsp3) is 0.389. The van der Waals surface area contributed by atoms with Crippen LogP contribution in [0.1, 0.15) is 35.7 Å². The molecule has 1 aliphatic carbocycles. The van der Waals surface area contributed by atoms with Gasteiger partial charge in [-0.15, -0.1) is 0 Å². The maximum atomic E-state index is 9.21. The first-order chi connectivity index (χ1) is 12.0. The number of halogens is 1. The standard InChI is InChI=1S/C18H19BrN6/c19-14-13(10-20)23-17(24-16(14)22)25-7-5-18(6-8-25)9-11-3-1-2-4-12(11)15(18)21/h1-4,15H,5-9,21H2,(H2,22,23,24)/t15-/m1/s1. The van der Waals surface area contributed by atoms with Crippen molar-refractivity contribution in [1.29, 1.82) is 5.26 Å². The zero-order valence-corrected chi connectivity index (χ0v) is 15.3. The molecule has 2 heterocycles. The van der Waals surface area contributed by atoms with E-state index in [9.17, 15) is 5.26 Å². The van der Waals surface area contributed by atoms with E-state index < -0.39 is 0 Å². The Balaban J connectivity index is 1.55. The second-order valence-corrected chi connectivity index (χ2v) is 7.68. The number of nitriles is 1. The smallest absolute Gasteiger partial charge is 0.228 e. The second kappa shape index (κ2) is 5.97. The van der Waals surface area contributed by atoms with Crippen LogP contribution in [-0.2, 0) is 6.42 Å². The highest BCUT2D eigenvalue weighted by molar-refractivity contribution is 9.10. The Kier molecular flexibility index (Phi) is 3.89. The van der Waals surface area contributed by atoms with Crippen LogP contribution < -0.4 is 16.4 Å². The Labute approximate surface area is 155 Å². The Hall–Kier alpha value is -2.17. The molecule has 4 rings (SSSR count). The molecule has 4 N–H and O–H groups in total. The molecule has 1 aromatic carbocycles. The predicted molar refractivity (Wildman–Crippen MR) is 99.8 cm³/mol. The van der Waals surface area contributed by atoms with E-state index in [4.69, 9.17) is 11.5 Å². The fourth-order valence-corrected chi connectivity index (χ4v) is 4.39. The third-order valence-electron chi connectivity index (χ3n) is 5.61. The maximum absolute atomic E-state index is 9.21. The van der Waals surface area contributed by atoms with Crippen molar-refractivity contribution in [3.63, 3.8) is 0 Å². The highest BCUT2D eigenvalue weighted by Gasteiger charge is 2.46. The minimum absolute atomic E-state index is 0.0800. The summed E-state index contributed by atoms with van der Waals surface area (Å²) < 4.78 is 0.459. The summed E-state index contributed by atoms with van der Waals surface area (Å²) in [6.45, 7) is 1.63. The second-order valence-electron chi connectivity index (χ2n) is 6.89. The Morgan fingerprint density at radius 2 is 1.96 bits per heavy atom. The summed E-state index contributed by atoms with van der Waals surface area (Å²) in [4.78, 5) is 10.8. The third-order valence-corrected chi connectivity index (χ3v) is 6.39. The van der Waals surface area contributed by atoms with E-state index in [0.717, 1.165) is 32.4 Å². The molecule has 128 valence electrons. The molecule has 6 nitrogen and oxygen atoms in total. The number of hydrogen-bond donors (Lipinski definition) is 2. The van der Waals surface area contributed by atoms with Gasteiger partial charge in [-0.1, -0.05) is 24.3 Å². The van der Waals surface area contributed by atoms with Crippen LogP contribution in [0.25, 0.3) is 0 Å². The molecule has 25 heavy (non-hydrogen) atoms. The first-order valence-corrected chi connectivity index (χ1v) is 9.15. The molecule has 1 atom stereocenters. The molecule has 0 radical (unpaired) electrons. The van der Waals surface area contributed by atoms with Crippen LogP contribution in [0.4, 0.5) is 11.8 Å². The molecule has 2 aromatic rings. The minimum Gasteiger partial charge on any atom is -0.383 e. The molecule has 2 aliphatic rings. The van der Waals surface area contributed by atoms with Gasteiger partial charge < -0.3 is 16.4 Å². The van der Waals surface area contributed by atoms with E-state index in [1.807, 2.05) is 0 Å². The number of hydrogen-bond acceptors (Lipinski definition) is 6. The van der Waals surface area contributed by atoms with Crippen molar-refractivity contribution in [2.24, 2.45) is 11.1 Å². The number of anilines is 2. The van der Waals surface area contributed by atoms with Gasteiger partial charge in [-0.2, -0.15) is 10.2 Å². The average molecular weight is 399 g/mol. The average Bonchev–Trinajstić information content (AvgIpc) is 2.90. The Morgan fingerprint density at radius 1 is 1.24 bits per heavy atom. The molecule has 0 amide bonds. The summed E-state index contributed by atoms with van der Waals surface area (Å²) in [7, 11) is 0. The van der Waals surface area contributed by atoms with Gasteiger partial charge in [0.1, 0.15) is 11.9 Å². The van der Waals surface area contributed by atoms with Crippen LogP contribution >= 0.6 is 15.9 Å². The highest BCUT2D eigenvalue weighted by Crippen LogP contribution is 2.50. The minimum atomic E-state index is 0.0800. The first kappa shape index (κ1) is 16.3. The van der Waals surface area contributed by atoms with Gasteiger partial charge in [0.25, 0.3) is 0 Å². The number of fused-ring (bicyclic) bond motifs is 1. The largest absolute Gasteiger partial charge is 0.383 e. The molecule has 0 unspecified atom stereocenters. The van der Waals surface area contributed by atoms with E-state index in [1.165, 1.54) is 11.1 Å². The van der Waals surface area contributed by atoms with Crippen LogP contribution in [0.15, 0.2) is 28.7 Å². The number of benzene rings is 1. The molecular weight excluding hydrogens is 380 g/mol. The number of nitrogens with zero attached hydrogens (tertiary/aromatic N) is 4. The molecule has 7 heteroatoms. The number of nitrogens with two attached hydrogens (primary N) is 2. The van der Waals surface area contributed by atoms with Gasteiger partial charge in [0.15, 0.2) is 5.69 Å². The summed E-state index contributed by atoms with van der Waals surface area (Å²) in [5, 5.41) is 9.21. The van der Waals surface area contributed by atoms with Crippen molar-refractivity contribution in [3.8, 4) is 6.07 Å². The van der Waals surface area contributed by atoms with Gasteiger partial charge in [-0.25, -0.2) is 4.98 Å². The van der Waals surface area contributed by atoms with E-state index in [2.05, 4.69) is 61.1 Å². The normalized spacial score (nSPS) is 21.2. The fourth-order valence-electron chi connectivity index (χ4n) is 4.13. The number of nitrogen functional groups attached to an aromatic ring is 1. The van der Waals surface area contributed by atoms with Crippen LogP contribution in [0.5, 0.6) is 0 Å². The van der Waals surface area contributed by atoms with Gasteiger partial charge >= 0.3 is 0 Å². The van der Waals surface area contributed by atoms with Crippen LogP contribution in [0.3, 0.4) is 0 Å².